The highest BCUT2D eigenvalue weighted by atomic mass is 32.1. The number of ether oxygens (including phenoxy) is 1. The predicted molar refractivity (Wildman–Crippen MR) is 80.9 cm³/mol. The number of rotatable bonds is 6. The van der Waals surface area contributed by atoms with Crippen LogP contribution >= 0.6 is 11.3 Å². The van der Waals surface area contributed by atoms with Crippen LogP contribution in [0.2, 0.25) is 0 Å². The molecule has 0 unspecified atom stereocenters. The molecule has 0 atom stereocenters. The van der Waals surface area contributed by atoms with E-state index in [-0.39, 0.29) is 18.6 Å². The number of aliphatic hydroxyl groups excluding tert-OH is 1. The maximum atomic E-state index is 12.3. The van der Waals surface area contributed by atoms with Crippen LogP contribution in [0.25, 0.3) is 0 Å². The molecule has 0 saturated carbocycles. The van der Waals surface area contributed by atoms with E-state index in [2.05, 4.69) is 11.8 Å². The van der Waals surface area contributed by atoms with Gasteiger partial charge in [-0.25, -0.2) is 0 Å². The van der Waals surface area contributed by atoms with Gasteiger partial charge in [0.15, 0.2) is 0 Å². The summed E-state index contributed by atoms with van der Waals surface area (Å²) in [5, 5.41) is 10.6. The zero-order chi connectivity index (χ0) is 15.0. The molecule has 0 radical (unpaired) electrons. The Balaban J connectivity index is 2.63. The number of likely N-dealkylation sites (N-methyl/N-ethyl adjacent to an activating group) is 1. The molecule has 1 amide bonds. The molecule has 0 saturated heterocycles. The number of aliphatic hydroxyl groups is 1. The molecule has 1 N–H and O–H groups in total. The van der Waals surface area contributed by atoms with Gasteiger partial charge in [-0.15, -0.1) is 11.3 Å². The molecule has 0 aliphatic heterocycles. The molecule has 0 fully saturated rings. The van der Waals surface area contributed by atoms with Crippen LogP contribution in [0.1, 0.15) is 35.5 Å². The van der Waals surface area contributed by atoms with Crippen molar-refractivity contribution in [1.82, 2.24) is 4.90 Å². The van der Waals surface area contributed by atoms with Crippen LogP contribution in [0, 0.1) is 11.8 Å². The van der Waals surface area contributed by atoms with Crippen LogP contribution < -0.4 is 0 Å². The van der Waals surface area contributed by atoms with E-state index in [1.54, 1.807) is 11.9 Å². The van der Waals surface area contributed by atoms with Gasteiger partial charge in [0.1, 0.15) is 4.88 Å². The van der Waals surface area contributed by atoms with Crippen molar-refractivity contribution in [3.8, 4) is 11.8 Å². The second kappa shape index (κ2) is 8.75. The third kappa shape index (κ3) is 5.33. The summed E-state index contributed by atoms with van der Waals surface area (Å²) in [7, 11) is 1.76. The third-order valence-electron chi connectivity index (χ3n) is 2.54. The largest absolute Gasteiger partial charge is 0.395 e. The summed E-state index contributed by atoms with van der Waals surface area (Å²) in [4.78, 5) is 14.6. The topological polar surface area (TPSA) is 49.8 Å². The van der Waals surface area contributed by atoms with Crippen LogP contribution in [0.4, 0.5) is 0 Å². The van der Waals surface area contributed by atoms with E-state index in [1.807, 2.05) is 25.3 Å². The molecule has 0 aromatic carbocycles. The number of amides is 1. The fourth-order valence-electron chi connectivity index (χ4n) is 1.49. The number of nitrogens with zero attached hydrogens (tertiary/aromatic N) is 1. The van der Waals surface area contributed by atoms with E-state index in [9.17, 15) is 4.79 Å². The standard InChI is InChI=1S/C15H21NO3S/c1-12(2)19-10-8-16(3)15(18)14-13(7-11-20-14)6-4-5-9-17/h7,11-12,17H,5,8-10H2,1-3H3. The molecule has 5 heteroatoms. The minimum absolute atomic E-state index is 0.0346. The fraction of sp³-hybridized carbons (Fsp3) is 0.533. The zero-order valence-corrected chi connectivity index (χ0v) is 13.0. The maximum Gasteiger partial charge on any atom is 0.265 e. The molecular weight excluding hydrogens is 274 g/mol. The first-order valence-corrected chi connectivity index (χ1v) is 7.48. The van der Waals surface area contributed by atoms with Gasteiger partial charge in [0, 0.05) is 25.6 Å². The lowest BCUT2D eigenvalue weighted by atomic mass is 10.2. The SMILES string of the molecule is CC(C)OCCN(C)C(=O)c1sccc1C#CCCO. The number of carbonyl (C=O) groups is 1. The monoisotopic (exact) mass is 295 g/mol. The first-order valence-electron chi connectivity index (χ1n) is 6.60. The first-order chi connectivity index (χ1) is 9.56. The van der Waals surface area contributed by atoms with Crippen LogP contribution in [-0.4, -0.2) is 48.8 Å². The quantitative estimate of drug-likeness (QED) is 0.816. The molecule has 0 aliphatic rings. The Morgan fingerprint density at radius 1 is 1.55 bits per heavy atom. The van der Waals surface area contributed by atoms with Crippen molar-refractivity contribution in [1.29, 1.82) is 0 Å². The normalized spacial score (nSPS) is 10.2. The Labute approximate surface area is 124 Å². The van der Waals surface area contributed by atoms with Crippen molar-refractivity contribution < 1.29 is 14.6 Å². The van der Waals surface area contributed by atoms with Gasteiger partial charge in [0.25, 0.3) is 5.91 Å². The molecule has 1 heterocycles. The highest BCUT2D eigenvalue weighted by Gasteiger charge is 2.16. The Bertz CT molecular complexity index is 485. The lowest BCUT2D eigenvalue weighted by Gasteiger charge is -2.17. The Morgan fingerprint density at radius 3 is 2.95 bits per heavy atom. The van der Waals surface area contributed by atoms with Gasteiger partial charge in [-0.05, 0) is 25.3 Å². The van der Waals surface area contributed by atoms with Gasteiger partial charge in [-0.1, -0.05) is 11.8 Å². The fourth-order valence-corrected chi connectivity index (χ4v) is 2.33. The number of carbonyl (C=O) groups excluding carboxylic acids is 1. The molecule has 0 spiro atoms. The summed E-state index contributed by atoms with van der Waals surface area (Å²) in [6, 6.07) is 1.83. The Hall–Kier alpha value is -1.35. The van der Waals surface area contributed by atoms with Crippen LogP contribution in [0.15, 0.2) is 11.4 Å². The molecule has 20 heavy (non-hydrogen) atoms. The second-order valence-corrected chi connectivity index (χ2v) is 5.50. The van der Waals surface area contributed by atoms with Crippen molar-refractivity contribution >= 4 is 17.2 Å². The molecule has 0 bridgehead atoms. The Kier molecular flexibility index (Phi) is 7.31. The van der Waals surface area contributed by atoms with Crippen molar-refractivity contribution in [2.45, 2.75) is 26.4 Å². The molecule has 0 aliphatic carbocycles. The van der Waals surface area contributed by atoms with Crippen LogP contribution in [0.3, 0.4) is 0 Å². The summed E-state index contributed by atoms with van der Waals surface area (Å²) in [5.41, 5.74) is 0.727. The average molecular weight is 295 g/mol. The van der Waals surface area contributed by atoms with Gasteiger partial charge in [-0.3, -0.25) is 4.79 Å². The van der Waals surface area contributed by atoms with Crippen molar-refractivity contribution in [2.75, 3.05) is 26.8 Å². The minimum Gasteiger partial charge on any atom is -0.395 e. The van der Waals surface area contributed by atoms with E-state index in [0.717, 1.165) is 5.56 Å². The average Bonchev–Trinajstić information content (AvgIpc) is 2.86. The summed E-state index contributed by atoms with van der Waals surface area (Å²) in [6.07, 6.45) is 0.585. The lowest BCUT2D eigenvalue weighted by molar-refractivity contribution is 0.0534. The highest BCUT2D eigenvalue weighted by Crippen LogP contribution is 2.17. The van der Waals surface area contributed by atoms with Gasteiger partial charge in [0.05, 0.1) is 19.3 Å². The number of hydrogen-bond acceptors (Lipinski definition) is 4. The van der Waals surface area contributed by atoms with Crippen molar-refractivity contribution in [3.05, 3.63) is 21.9 Å². The molecular formula is C15H21NO3S. The van der Waals surface area contributed by atoms with Gasteiger partial charge in [0.2, 0.25) is 0 Å². The van der Waals surface area contributed by atoms with Gasteiger partial charge < -0.3 is 14.7 Å². The lowest BCUT2D eigenvalue weighted by Crippen LogP contribution is -2.30. The van der Waals surface area contributed by atoms with E-state index in [4.69, 9.17) is 9.84 Å². The van der Waals surface area contributed by atoms with E-state index in [0.29, 0.717) is 24.4 Å². The summed E-state index contributed by atoms with van der Waals surface area (Å²) in [6.45, 7) is 5.05. The van der Waals surface area contributed by atoms with Crippen molar-refractivity contribution in [2.24, 2.45) is 0 Å². The van der Waals surface area contributed by atoms with Crippen LogP contribution in [0.5, 0.6) is 0 Å². The molecule has 110 valence electrons. The van der Waals surface area contributed by atoms with Crippen molar-refractivity contribution in [3.63, 3.8) is 0 Å². The summed E-state index contributed by atoms with van der Waals surface area (Å²) in [5.74, 6) is 5.73. The third-order valence-corrected chi connectivity index (χ3v) is 3.45. The second-order valence-electron chi connectivity index (χ2n) is 4.59. The number of thiophene rings is 1. The zero-order valence-electron chi connectivity index (χ0n) is 12.2. The van der Waals surface area contributed by atoms with Gasteiger partial charge in [-0.2, -0.15) is 0 Å². The van der Waals surface area contributed by atoms with E-state index >= 15 is 0 Å². The minimum atomic E-state index is -0.0411. The van der Waals surface area contributed by atoms with E-state index in [1.165, 1.54) is 11.3 Å². The Morgan fingerprint density at radius 2 is 2.30 bits per heavy atom. The number of hydrogen-bond donors (Lipinski definition) is 1. The smallest absolute Gasteiger partial charge is 0.265 e. The molecule has 4 nitrogen and oxygen atoms in total. The van der Waals surface area contributed by atoms with Gasteiger partial charge >= 0.3 is 0 Å². The molecule has 1 aromatic rings. The maximum absolute atomic E-state index is 12.3. The summed E-state index contributed by atoms with van der Waals surface area (Å²) < 4.78 is 5.44. The highest BCUT2D eigenvalue weighted by molar-refractivity contribution is 7.12. The predicted octanol–water partition coefficient (Wildman–Crippen LogP) is 1.98. The van der Waals surface area contributed by atoms with E-state index < -0.39 is 0 Å². The first kappa shape index (κ1) is 16.7. The molecule has 1 rings (SSSR count). The van der Waals surface area contributed by atoms with Crippen LogP contribution in [-0.2, 0) is 4.74 Å². The molecule has 1 aromatic heterocycles. The summed E-state index contributed by atoms with van der Waals surface area (Å²) >= 11 is 1.39.